The molecule has 1 amide bonds. The molecule has 0 aliphatic heterocycles. The van der Waals surface area contributed by atoms with Crippen LogP contribution in [-0.2, 0) is 0 Å². The van der Waals surface area contributed by atoms with Gasteiger partial charge in [-0.05, 0) is 18.2 Å². The fraction of sp³-hybridized carbons (Fsp3) is 0.308. The zero-order chi connectivity index (χ0) is 15.2. The predicted octanol–water partition coefficient (Wildman–Crippen LogP) is 1.30. The highest BCUT2D eigenvalue weighted by Gasteiger charge is 2.27. The third-order valence-electron chi connectivity index (χ3n) is 2.24. The average molecular weight is 286 g/mol. The van der Waals surface area contributed by atoms with Gasteiger partial charge in [0.25, 0.3) is 5.91 Å². The molecular formula is C13H13F3N2O2. The van der Waals surface area contributed by atoms with Crippen molar-refractivity contribution in [2.24, 2.45) is 5.73 Å². The summed E-state index contributed by atoms with van der Waals surface area (Å²) >= 11 is 0. The van der Waals surface area contributed by atoms with Crippen molar-refractivity contribution in [2.45, 2.75) is 6.18 Å². The Morgan fingerprint density at radius 3 is 2.70 bits per heavy atom. The average Bonchev–Trinajstić information content (AvgIpc) is 2.41. The zero-order valence-corrected chi connectivity index (χ0v) is 10.7. The monoisotopic (exact) mass is 286 g/mol. The van der Waals surface area contributed by atoms with Gasteiger partial charge in [-0.1, -0.05) is 11.8 Å². The maximum absolute atomic E-state index is 12.0. The van der Waals surface area contributed by atoms with E-state index in [9.17, 15) is 18.0 Å². The maximum Gasteiger partial charge on any atom is 0.405 e. The van der Waals surface area contributed by atoms with Crippen LogP contribution in [-0.4, -0.2) is 32.3 Å². The van der Waals surface area contributed by atoms with Crippen molar-refractivity contribution in [3.05, 3.63) is 29.3 Å². The number of alkyl halides is 3. The van der Waals surface area contributed by atoms with Gasteiger partial charge in [-0.3, -0.25) is 4.79 Å². The normalized spacial score (nSPS) is 10.4. The second-order valence-electron chi connectivity index (χ2n) is 3.72. The molecule has 0 heterocycles. The Bertz CT molecular complexity index is 545. The van der Waals surface area contributed by atoms with E-state index in [0.717, 1.165) is 0 Å². The van der Waals surface area contributed by atoms with Gasteiger partial charge in [-0.25, -0.2) is 0 Å². The largest absolute Gasteiger partial charge is 0.495 e. The molecule has 0 fully saturated rings. The number of amides is 1. The van der Waals surface area contributed by atoms with E-state index in [0.29, 0.717) is 11.3 Å². The first-order valence-corrected chi connectivity index (χ1v) is 5.59. The number of methoxy groups -OCH3 is 1. The fourth-order valence-electron chi connectivity index (χ4n) is 1.38. The number of hydrogen-bond donors (Lipinski definition) is 2. The van der Waals surface area contributed by atoms with Crippen LogP contribution in [0.4, 0.5) is 13.2 Å². The van der Waals surface area contributed by atoms with Gasteiger partial charge in [0, 0.05) is 5.56 Å². The second-order valence-corrected chi connectivity index (χ2v) is 3.72. The lowest BCUT2D eigenvalue weighted by Crippen LogP contribution is -2.33. The molecule has 4 nitrogen and oxygen atoms in total. The fourth-order valence-corrected chi connectivity index (χ4v) is 1.38. The Labute approximate surface area is 114 Å². The summed E-state index contributed by atoms with van der Waals surface area (Å²) in [5, 5.41) is 1.78. The van der Waals surface area contributed by atoms with Gasteiger partial charge in [0.05, 0.1) is 19.2 Å². The Balaban J connectivity index is 2.93. The molecule has 1 rings (SSSR count). The highest BCUT2D eigenvalue weighted by Crippen LogP contribution is 2.19. The van der Waals surface area contributed by atoms with Gasteiger partial charge in [-0.15, -0.1) is 0 Å². The molecule has 0 saturated carbocycles. The van der Waals surface area contributed by atoms with Crippen LogP contribution in [0.15, 0.2) is 18.2 Å². The summed E-state index contributed by atoms with van der Waals surface area (Å²) in [6.45, 7) is -1.27. The number of ether oxygens (including phenoxy) is 1. The standard InChI is InChI=1S/C13H13F3N2O2/c1-20-11-5-4-10(7-9(11)3-2-6-17)12(19)18-8-13(14,15)16/h4-5,7H,6,8,17H2,1H3,(H,18,19). The number of rotatable bonds is 3. The van der Waals surface area contributed by atoms with Gasteiger partial charge in [0.15, 0.2) is 0 Å². The minimum absolute atomic E-state index is 0.0661. The third-order valence-corrected chi connectivity index (χ3v) is 2.24. The van der Waals surface area contributed by atoms with Gasteiger partial charge in [0.1, 0.15) is 12.3 Å². The zero-order valence-electron chi connectivity index (χ0n) is 10.7. The number of benzene rings is 1. The number of nitrogens with one attached hydrogen (secondary N) is 1. The van der Waals surface area contributed by atoms with Crippen LogP contribution in [0.2, 0.25) is 0 Å². The van der Waals surface area contributed by atoms with Gasteiger partial charge in [-0.2, -0.15) is 13.2 Å². The first-order chi connectivity index (χ1) is 9.37. The molecule has 0 saturated heterocycles. The van der Waals surface area contributed by atoms with E-state index in [4.69, 9.17) is 10.5 Å². The molecule has 0 aromatic heterocycles. The molecule has 3 N–H and O–H groups in total. The first-order valence-electron chi connectivity index (χ1n) is 5.59. The van der Waals surface area contributed by atoms with Crippen molar-refractivity contribution in [3.8, 4) is 17.6 Å². The summed E-state index contributed by atoms with van der Waals surface area (Å²) in [5.74, 6) is 4.86. The van der Waals surface area contributed by atoms with Gasteiger partial charge >= 0.3 is 6.18 Å². The van der Waals surface area contributed by atoms with Crippen LogP contribution >= 0.6 is 0 Å². The van der Waals surface area contributed by atoms with Crippen LogP contribution in [0, 0.1) is 11.8 Å². The molecule has 7 heteroatoms. The summed E-state index contributed by atoms with van der Waals surface area (Å²) in [5.41, 5.74) is 5.70. The minimum Gasteiger partial charge on any atom is -0.495 e. The molecule has 108 valence electrons. The van der Waals surface area contributed by atoms with E-state index >= 15 is 0 Å². The number of hydrogen-bond acceptors (Lipinski definition) is 3. The SMILES string of the molecule is COc1ccc(C(=O)NCC(F)(F)F)cc1C#CCN. The van der Waals surface area contributed by atoms with Gasteiger partial charge in [0.2, 0.25) is 0 Å². The molecule has 0 atom stereocenters. The molecule has 0 unspecified atom stereocenters. The van der Waals surface area contributed by atoms with E-state index in [2.05, 4.69) is 11.8 Å². The lowest BCUT2D eigenvalue weighted by Gasteiger charge is -2.09. The van der Waals surface area contributed by atoms with Crippen LogP contribution in [0.3, 0.4) is 0 Å². The molecule has 0 bridgehead atoms. The Morgan fingerprint density at radius 2 is 2.15 bits per heavy atom. The van der Waals surface area contributed by atoms with E-state index < -0.39 is 18.6 Å². The third kappa shape index (κ3) is 4.82. The quantitative estimate of drug-likeness (QED) is 0.823. The number of carbonyl (C=O) groups excluding carboxylic acids is 1. The molecule has 0 aliphatic carbocycles. The summed E-state index contributed by atoms with van der Waals surface area (Å²) in [4.78, 5) is 11.6. The van der Waals surface area contributed by atoms with E-state index in [1.165, 1.54) is 25.3 Å². The van der Waals surface area contributed by atoms with Crippen molar-refractivity contribution in [1.82, 2.24) is 5.32 Å². The number of halogens is 3. The van der Waals surface area contributed by atoms with Crippen molar-refractivity contribution in [2.75, 3.05) is 20.2 Å². The first kappa shape index (κ1) is 15.9. The van der Waals surface area contributed by atoms with E-state index in [1.54, 1.807) is 5.32 Å². The molecular weight excluding hydrogens is 273 g/mol. The van der Waals surface area contributed by atoms with Crippen LogP contribution in [0.1, 0.15) is 15.9 Å². The summed E-state index contributed by atoms with van der Waals surface area (Å²) in [6.07, 6.45) is -4.45. The summed E-state index contributed by atoms with van der Waals surface area (Å²) in [7, 11) is 1.42. The smallest absolute Gasteiger partial charge is 0.405 e. The van der Waals surface area contributed by atoms with Crippen LogP contribution < -0.4 is 15.8 Å². The summed E-state index contributed by atoms with van der Waals surface area (Å²) < 4.78 is 41.1. The molecule has 0 spiro atoms. The lowest BCUT2D eigenvalue weighted by molar-refractivity contribution is -0.123. The molecule has 20 heavy (non-hydrogen) atoms. The number of nitrogens with two attached hydrogens (primary N) is 1. The van der Waals surface area contributed by atoms with E-state index in [1.807, 2.05) is 0 Å². The summed E-state index contributed by atoms with van der Waals surface area (Å²) in [6, 6.07) is 4.18. The van der Waals surface area contributed by atoms with Crippen LogP contribution in [0.5, 0.6) is 5.75 Å². The topological polar surface area (TPSA) is 64.3 Å². The van der Waals surface area contributed by atoms with Crippen molar-refractivity contribution in [1.29, 1.82) is 0 Å². The van der Waals surface area contributed by atoms with Crippen molar-refractivity contribution < 1.29 is 22.7 Å². The predicted molar refractivity (Wildman–Crippen MR) is 67.3 cm³/mol. The molecule has 1 aromatic rings. The minimum atomic E-state index is -4.45. The molecule has 0 aliphatic rings. The van der Waals surface area contributed by atoms with Crippen molar-refractivity contribution >= 4 is 5.91 Å². The number of carbonyl (C=O) groups is 1. The van der Waals surface area contributed by atoms with E-state index in [-0.39, 0.29) is 12.1 Å². The molecule has 1 aromatic carbocycles. The maximum atomic E-state index is 12.0. The highest BCUT2D eigenvalue weighted by atomic mass is 19.4. The highest BCUT2D eigenvalue weighted by molar-refractivity contribution is 5.94. The molecule has 0 radical (unpaired) electrons. The Hall–Kier alpha value is -2.20. The second kappa shape index (κ2) is 6.82. The van der Waals surface area contributed by atoms with Gasteiger partial charge < -0.3 is 15.8 Å². The Morgan fingerprint density at radius 1 is 1.45 bits per heavy atom. The van der Waals surface area contributed by atoms with Crippen molar-refractivity contribution in [3.63, 3.8) is 0 Å². The van der Waals surface area contributed by atoms with Crippen LogP contribution in [0.25, 0.3) is 0 Å². The lowest BCUT2D eigenvalue weighted by atomic mass is 10.1. The Kier molecular flexibility index (Phi) is 5.41.